The zero-order chi connectivity index (χ0) is 18.7. The Hall–Kier alpha value is -3.09. The predicted octanol–water partition coefficient (Wildman–Crippen LogP) is 4.58. The van der Waals surface area contributed by atoms with Gasteiger partial charge in [-0.05, 0) is 42.8 Å². The number of fused-ring (bicyclic) bond motifs is 1. The number of ether oxygens (including phenoxy) is 1. The van der Waals surface area contributed by atoms with Crippen LogP contribution >= 0.6 is 0 Å². The van der Waals surface area contributed by atoms with Gasteiger partial charge in [0.2, 0.25) is 0 Å². The highest BCUT2D eigenvalue weighted by Crippen LogP contribution is 2.35. The van der Waals surface area contributed by atoms with Gasteiger partial charge in [-0.15, -0.1) is 0 Å². The Kier molecular flexibility index (Phi) is 4.79. The molecule has 0 aliphatic heterocycles. The second-order valence-corrected chi connectivity index (χ2v) is 5.66. The largest absolute Gasteiger partial charge is 0.483 e. The molecule has 3 rings (SSSR count). The molecule has 1 N–H and O–H groups in total. The molecule has 0 fully saturated rings. The van der Waals surface area contributed by atoms with Gasteiger partial charge in [0.1, 0.15) is 5.75 Å². The first-order valence-corrected chi connectivity index (χ1v) is 7.79. The smallest absolute Gasteiger partial charge is 0.419 e. The third-order valence-electron chi connectivity index (χ3n) is 3.80. The van der Waals surface area contributed by atoms with Crippen LogP contribution < -0.4 is 10.1 Å². The van der Waals surface area contributed by atoms with E-state index >= 15 is 0 Å². The molecule has 4 nitrogen and oxygen atoms in total. The summed E-state index contributed by atoms with van der Waals surface area (Å²) in [6.45, 7) is 1.36. The highest BCUT2D eigenvalue weighted by atomic mass is 19.4. The normalized spacial score (nSPS) is 11.4. The third-order valence-corrected chi connectivity index (χ3v) is 3.80. The van der Waals surface area contributed by atoms with Gasteiger partial charge in [0.15, 0.2) is 6.61 Å². The molecule has 2 aromatic carbocycles. The van der Waals surface area contributed by atoms with E-state index in [0.717, 1.165) is 22.5 Å². The van der Waals surface area contributed by atoms with Crippen LogP contribution in [-0.4, -0.2) is 17.5 Å². The molecule has 0 saturated heterocycles. The van der Waals surface area contributed by atoms with Gasteiger partial charge < -0.3 is 10.1 Å². The van der Waals surface area contributed by atoms with Crippen molar-refractivity contribution in [2.45, 2.75) is 13.1 Å². The number of hydrogen-bond acceptors (Lipinski definition) is 3. The lowest BCUT2D eigenvalue weighted by molar-refractivity contribution is -0.139. The maximum absolute atomic E-state index is 12.9. The molecule has 7 heteroatoms. The summed E-state index contributed by atoms with van der Waals surface area (Å²) in [4.78, 5) is 16.4. The second-order valence-electron chi connectivity index (χ2n) is 5.66. The van der Waals surface area contributed by atoms with E-state index in [2.05, 4.69) is 10.3 Å². The van der Waals surface area contributed by atoms with Gasteiger partial charge in [-0.2, -0.15) is 13.2 Å². The van der Waals surface area contributed by atoms with Crippen molar-refractivity contribution in [3.8, 4) is 5.75 Å². The first-order valence-electron chi connectivity index (χ1n) is 7.79. The molecule has 0 saturated carbocycles. The summed E-state index contributed by atoms with van der Waals surface area (Å²) in [6.07, 6.45) is -2.90. The van der Waals surface area contributed by atoms with Crippen LogP contribution in [0.25, 0.3) is 10.9 Å². The van der Waals surface area contributed by atoms with Crippen molar-refractivity contribution >= 4 is 22.5 Å². The highest BCUT2D eigenvalue weighted by molar-refractivity contribution is 6.02. The number of nitrogens with one attached hydrogen (secondary N) is 1. The van der Waals surface area contributed by atoms with Crippen LogP contribution in [0.5, 0.6) is 5.75 Å². The fraction of sp³-hybridized carbons (Fsp3) is 0.158. The number of anilines is 1. The van der Waals surface area contributed by atoms with Crippen LogP contribution in [0.15, 0.2) is 54.7 Å². The molecular formula is C19H15F3N2O2. The number of carbonyl (C=O) groups excluding carboxylic acids is 1. The Morgan fingerprint density at radius 2 is 1.88 bits per heavy atom. The molecule has 3 aromatic rings. The minimum Gasteiger partial charge on any atom is -0.483 e. The molecule has 0 spiro atoms. The Balaban J connectivity index is 1.75. The average Bonchev–Trinajstić information content (AvgIpc) is 2.62. The predicted molar refractivity (Wildman–Crippen MR) is 92.0 cm³/mol. The fourth-order valence-corrected chi connectivity index (χ4v) is 2.58. The summed E-state index contributed by atoms with van der Waals surface area (Å²) in [7, 11) is 0. The van der Waals surface area contributed by atoms with E-state index in [1.165, 1.54) is 18.2 Å². The van der Waals surface area contributed by atoms with Crippen LogP contribution in [0.3, 0.4) is 0 Å². The SMILES string of the molecule is Cc1ccc(NC(=O)COc2ccccc2C(F)(F)F)c2cccnc12. The van der Waals surface area contributed by atoms with E-state index in [-0.39, 0.29) is 5.75 Å². The standard InChI is InChI=1S/C19H15F3N2O2/c1-12-8-9-15(13-5-4-10-23-18(12)13)24-17(25)11-26-16-7-3-2-6-14(16)19(20,21)22/h2-10H,11H2,1H3,(H,24,25). The number of para-hydroxylation sites is 1. The van der Waals surface area contributed by atoms with Crippen molar-refractivity contribution in [2.24, 2.45) is 0 Å². The molecule has 0 unspecified atom stereocenters. The minimum absolute atomic E-state index is 0.384. The van der Waals surface area contributed by atoms with Gasteiger partial charge in [-0.25, -0.2) is 0 Å². The summed E-state index contributed by atoms with van der Waals surface area (Å²) < 4.78 is 43.9. The van der Waals surface area contributed by atoms with E-state index < -0.39 is 24.3 Å². The summed E-state index contributed by atoms with van der Waals surface area (Å²) in [5.74, 6) is -0.943. The van der Waals surface area contributed by atoms with Gasteiger partial charge in [-0.1, -0.05) is 18.2 Å². The zero-order valence-electron chi connectivity index (χ0n) is 13.8. The molecule has 0 radical (unpaired) electrons. The lowest BCUT2D eigenvalue weighted by Crippen LogP contribution is -2.21. The van der Waals surface area contributed by atoms with Crippen LogP contribution in [0.4, 0.5) is 18.9 Å². The first kappa shape index (κ1) is 17.7. The van der Waals surface area contributed by atoms with E-state index in [1.807, 2.05) is 19.1 Å². The fourth-order valence-electron chi connectivity index (χ4n) is 2.58. The van der Waals surface area contributed by atoms with Crippen LogP contribution in [0, 0.1) is 6.92 Å². The first-order chi connectivity index (χ1) is 12.4. The van der Waals surface area contributed by atoms with Gasteiger partial charge >= 0.3 is 6.18 Å². The van der Waals surface area contributed by atoms with Crippen molar-refractivity contribution in [1.29, 1.82) is 0 Å². The maximum atomic E-state index is 12.9. The summed E-state index contributed by atoms with van der Waals surface area (Å²) >= 11 is 0. The van der Waals surface area contributed by atoms with E-state index in [4.69, 9.17) is 4.74 Å². The van der Waals surface area contributed by atoms with Crippen LogP contribution in [-0.2, 0) is 11.0 Å². The number of nitrogens with zero attached hydrogens (tertiary/aromatic N) is 1. The molecule has 0 aliphatic rings. The number of rotatable bonds is 4. The van der Waals surface area contributed by atoms with Gasteiger partial charge in [0, 0.05) is 11.6 Å². The quantitative estimate of drug-likeness (QED) is 0.741. The van der Waals surface area contributed by atoms with Crippen molar-refractivity contribution in [3.63, 3.8) is 0 Å². The van der Waals surface area contributed by atoms with Crippen molar-refractivity contribution in [3.05, 3.63) is 65.9 Å². The molecule has 1 amide bonds. The number of alkyl halides is 3. The molecule has 0 bridgehead atoms. The number of amides is 1. The van der Waals surface area contributed by atoms with Crippen LogP contribution in [0.2, 0.25) is 0 Å². The maximum Gasteiger partial charge on any atom is 0.419 e. The third kappa shape index (κ3) is 3.77. The molecule has 0 atom stereocenters. The highest BCUT2D eigenvalue weighted by Gasteiger charge is 2.34. The lowest BCUT2D eigenvalue weighted by atomic mass is 10.1. The van der Waals surface area contributed by atoms with E-state index in [9.17, 15) is 18.0 Å². The van der Waals surface area contributed by atoms with Crippen molar-refractivity contribution in [2.75, 3.05) is 11.9 Å². The Morgan fingerprint density at radius 1 is 1.12 bits per heavy atom. The Bertz CT molecular complexity index is 955. The molecule has 26 heavy (non-hydrogen) atoms. The van der Waals surface area contributed by atoms with Gasteiger partial charge in [0.25, 0.3) is 5.91 Å². The molecular weight excluding hydrogens is 345 g/mol. The topological polar surface area (TPSA) is 51.2 Å². The Morgan fingerprint density at radius 3 is 2.65 bits per heavy atom. The van der Waals surface area contributed by atoms with E-state index in [1.54, 1.807) is 18.3 Å². The van der Waals surface area contributed by atoms with Crippen LogP contribution in [0.1, 0.15) is 11.1 Å². The summed E-state index contributed by atoms with van der Waals surface area (Å²) in [5, 5.41) is 3.40. The molecule has 0 aliphatic carbocycles. The molecule has 134 valence electrons. The van der Waals surface area contributed by atoms with Gasteiger partial charge in [-0.3, -0.25) is 9.78 Å². The van der Waals surface area contributed by atoms with Gasteiger partial charge in [0.05, 0.1) is 16.8 Å². The number of pyridine rings is 1. The van der Waals surface area contributed by atoms with Crippen molar-refractivity contribution in [1.82, 2.24) is 4.98 Å². The number of benzene rings is 2. The number of hydrogen-bond donors (Lipinski definition) is 1. The monoisotopic (exact) mass is 360 g/mol. The molecule has 1 heterocycles. The van der Waals surface area contributed by atoms with Crippen molar-refractivity contribution < 1.29 is 22.7 Å². The summed E-state index contributed by atoms with van der Waals surface area (Å²) in [6, 6.07) is 11.9. The Labute approximate surface area is 147 Å². The number of halogens is 3. The molecule has 1 aromatic heterocycles. The zero-order valence-corrected chi connectivity index (χ0v) is 13.8. The number of aromatic nitrogens is 1. The number of aryl methyl sites for hydroxylation is 1. The average molecular weight is 360 g/mol. The number of carbonyl (C=O) groups is 1. The summed E-state index contributed by atoms with van der Waals surface area (Å²) in [5.41, 5.74) is 1.30. The minimum atomic E-state index is -4.55. The van der Waals surface area contributed by atoms with E-state index in [0.29, 0.717) is 5.69 Å². The second kappa shape index (κ2) is 7.03. The lowest BCUT2D eigenvalue weighted by Gasteiger charge is -2.14.